The van der Waals surface area contributed by atoms with Gasteiger partial charge in [-0.05, 0) is 0 Å². The van der Waals surface area contributed by atoms with Gasteiger partial charge in [0.1, 0.15) is 5.40 Å². The molecule has 0 spiro atoms. The normalized spacial score (nSPS) is 3.56. The number of nitrogens with two attached hydrogens (primary N) is 2. The minimum absolute atomic E-state index is 0. The molecule has 0 bridgehead atoms. The number of thiol groups is 1. The fraction of sp³-hybridized carbons (Fsp3) is 0. The summed E-state index contributed by atoms with van der Waals surface area (Å²) in [5.41, 5.74) is 8.94. The Kier molecular flexibility index (Phi) is 62.7. The third-order valence-corrected chi connectivity index (χ3v) is 0. The Labute approximate surface area is 79.0 Å². The van der Waals surface area contributed by atoms with E-state index in [1.165, 1.54) is 5.40 Å². The summed E-state index contributed by atoms with van der Waals surface area (Å²) in [5.74, 6) is -0.333. The summed E-state index contributed by atoms with van der Waals surface area (Å²) < 4.78 is 0. The molecule has 5 N–H and O–H groups in total. The van der Waals surface area contributed by atoms with Crippen LogP contribution in [0.3, 0.4) is 0 Å². The number of hydrogen-bond acceptors (Lipinski definition) is 3. The first-order chi connectivity index (χ1) is 3.15. The first-order valence-corrected chi connectivity index (χ1v) is 1.72. The van der Waals surface area contributed by atoms with Crippen LogP contribution in [0.5, 0.6) is 0 Å². The van der Waals surface area contributed by atoms with Gasteiger partial charge in [-0.1, -0.05) is 12.6 Å². The number of thiocyanates is 1. The molecule has 0 unspecified atom stereocenters. The zero-order valence-electron chi connectivity index (χ0n) is 5.96. The minimum atomic E-state index is -0.333. The van der Waals surface area contributed by atoms with Gasteiger partial charge in [-0.3, -0.25) is 5.41 Å². The maximum atomic E-state index is 7.18. The third-order valence-electron chi connectivity index (χ3n) is 0. The van der Waals surface area contributed by atoms with Crippen LogP contribution in [0.15, 0.2) is 0 Å². The monoisotopic (exact) mass is 162 g/mol. The number of guanidine groups is 1. The van der Waals surface area contributed by atoms with Crippen LogP contribution in [0.4, 0.5) is 0 Å². The topological polar surface area (TPSA) is 99.7 Å². The van der Waals surface area contributed by atoms with Gasteiger partial charge in [-0.2, -0.15) is 5.26 Å². The van der Waals surface area contributed by atoms with E-state index in [2.05, 4.69) is 24.1 Å². The molecular weight excluding hydrogens is 155 g/mol. The van der Waals surface area contributed by atoms with Crippen molar-refractivity contribution in [3.05, 3.63) is 0 Å². The van der Waals surface area contributed by atoms with Crippen LogP contribution in [-0.4, -0.2) is 5.96 Å². The van der Waals surface area contributed by atoms with Gasteiger partial charge in [-0.25, -0.2) is 0 Å². The summed E-state index contributed by atoms with van der Waals surface area (Å²) in [6.45, 7) is 0. The second-order valence-electron chi connectivity index (χ2n) is 0.555. The average molecular weight is 163 g/mol. The van der Waals surface area contributed by atoms with E-state index in [9.17, 15) is 0 Å². The van der Waals surface area contributed by atoms with Crippen molar-refractivity contribution in [3.63, 3.8) is 0 Å². The Morgan fingerprint density at radius 1 is 1.67 bits per heavy atom. The zero-order chi connectivity index (χ0) is 6.28. The van der Waals surface area contributed by atoms with Gasteiger partial charge in [0.25, 0.3) is 0 Å². The summed E-state index contributed by atoms with van der Waals surface area (Å²) in [6, 6.07) is 0. The predicted octanol–water partition coefficient (Wildman–Crippen LogP) is -3.23. The van der Waals surface area contributed by atoms with Crippen molar-refractivity contribution in [2.45, 2.75) is 0 Å². The number of hydrogen-bond donors (Lipinski definition) is 4. The van der Waals surface area contributed by atoms with Crippen molar-refractivity contribution in [2.75, 3.05) is 0 Å². The van der Waals surface area contributed by atoms with Crippen molar-refractivity contribution in [2.24, 2.45) is 11.5 Å². The second kappa shape index (κ2) is 24.5. The summed E-state index contributed by atoms with van der Waals surface area (Å²) in [4.78, 5) is 0. The Bertz CT molecular complexity index is 91.7. The van der Waals surface area contributed by atoms with Gasteiger partial charge in [-0.15, -0.1) is 12.4 Å². The summed E-state index contributed by atoms with van der Waals surface area (Å²) in [7, 11) is 0. The molecule has 0 saturated heterocycles. The predicted molar refractivity (Wildman–Crippen MR) is 39.1 cm³/mol. The molecule has 7 heteroatoms. The first kappa shape index (κ1) is 23.0. The molecule has 4 nitrogen and oxygen atoms in total. The Morgan fingerprint density at radius 3 is 1.67 bits per heavy atom. The molecule has 0 fully saturated rings. The van der Waals surface area contributed by atoms with Crippen molar-refractivity contribution >= 4 is 31.0 Å². The number of nitriles is 1. The molecule has 0 saturated carbocycles. The molecule has 0 amide bonds. The Morgan fingerprint density at radius 2 is 1.67 bits per heavy atom. The van der Waals surface area contributed by atoms with Gasteiger partial charge in [0, 0.05) is 0 Å². The summed E-state index contributed by atoms with van der Waals surface area (Å²) in [6.07, 6.45) is 0. The zero-order valence-corrected chi connectivity index (χ0v) is 6.67. The van der Waals surface area contributed by atoms with Gasteiger partial charge in [0.2, 0.25) is 0 Å². The van der Waals surface area contributed by atoms with Crippen LogP contribution in [0.1, 0.15) is 1.43 Å². The number of halogens is 1. The molecule has 9 heavy (non-hydrogen) atoms. The van der Waals surface area contributed by atoms with Crippen LogP contribution >= 0.6 is 25.0 Å². The number of nitrogens with one attached hydrogen (secondary N) is 1. The van der Waals surface area contributed by atoms with E-state index in [1.54, 1.807) is 0 Å². The molecular formula is C2H8ClLiN4S. The Hall–Kier alpha value is -0.00260. The van der Waals surface area contributed by atoms with Gasteiger partial charge in [0.15, 0.2) is 5.96 Å². The molecule has 0 aromatic heterocycles. The van der Waals surface area contributed by atoms with Crippen LogP contribution in [0.2, 0.25) is 0 Å². The molecule has 0 rings (SSSR count). The van der Waals surface area contributed by atoms with E-state index >= 15 is 0 Å². The van der Waals surface area contributed by atoms with Gasteiger partial charge < -0.3 is 12.9 Å². The summed E-state index contributed by atoms with van der Waals surface area (Å²) >= 11 is 3.09. The standard InChI is InChI=1S/CH5N3.CHNS.ClH.Li.H/c2-1(3)4;2-1-3;;;/h(H5,2,3,4);3H;1H;;/q;;;+1;-1. The van der Waals surface area contributed by atoms with E-state index in [0.29, 0.717) is 0 Å². The third kappa shape index (κ3) is 42600000. The molecule has 0 aliphatic rings. The Balaban J connectivity index is -0.0000000131. The number of nitrogens with zero attached hydrogens (tertiary/aromatic N) is 1. The molecule has 0 aliphatic carbocycles. The first-order valence-electron chi connectivity index (χ1n) is 1.27. The molecule has 0 aromatic carbocycles. The van der Waals surface area contributed by atoms with E-state index in [-0.39, 0.29) is 38.7 Å². The van der Waals surface area contributed by atoms with Crippen LogP contribution in [0, 0.1) is 16.1 Å². The largest absolute Gasteiger partial charge is 1.00 e. The fourth-order valence-electron chi connectivity index (χ4n) is 0. The van der Waals surface area contributed by atoms with Crippen LogP contribution in [0.25, 0.3) is 0 Å². The fourth-order valence-corrected chi connectivity index (χ4v) is 0. The van der Waals surface area contributed by atoms with Crippen molar-refractivity contribution in [1.82, 2.24) is 0 Å². The number of rotatable bonds is 0. The van der Waals surface area contributed by atoms with Crippen LogP contribution < -0.4 is 30.3 Å². The molecule has 50 valence electrons. The van der Waals surface area contributed by atoms with Crippen LogP contribution in [-0.2, 0) is 0 Å². The average Bonchev–Trinajstić information content (AvgIpc) is 1.33. The van der Waals surface area contributed by atoms with E-state index in [0.717, 1.165) is 0 Å². The van der Waals surface area contributed by atoms with Crippen molar-refractivity contribution < 1.29 is 20.3 Å². The van der Waals surface area contributed by atoms with E-state index in [1.807, 2.05) is 0 Å². The molecule has 0 aromatic rings. The van der Waals surface area contributed by atoms with Crippen molar-refractivity contribution in [1.29, 1.82) is 10.7 Å². The smallest absolute Gasteiger partial charge is 1.00 e. The van der Waals surface area contributed by atoms with Gasteiger partial charge >= 0.3 is 18.9 Å². The van der Waals surface area contributed by atoms with Crippen molar-refractivity contribution in [3.8, 4) is 5.40 Å². The molecule has 0 heterocycles. The summed E-state index contributed by atoms with van der Waals surface area (Å²) in [5, 5.41) is 14.7. The molecule has 0 aliphatic heterocycles. The second-order valence-corrected chi connectivity index (χ2v) is 0.755. The van der Waals surface area contributed by atoms with E-state index in [4.69, 9.17) is 10.7 Å². The quantitative estimate of drug-likeness (QED) is 0.0991. The molecule has 0 radical (unpaired) electrons. The van der Waals surface area contributed by atoms with E-state index < -0.39 is 0 Å². The SMILES string of the molecule is Cl.N#CS.N=C(N)N.[H-].[Li+]. The van der Waals surface area contributed by atoms with Gasteiger partial charge in [0.05, 0.1) is 0 Å². The molecule has 0 atom stereocenters. The maximum Gasteiger partial charge on any atom is 1.00 e. The maximum absolute atomic E-state index is 7.18. The minimum Gasteiger partial charge on any atom is -1.00 e.